The first-order valence-corrected chi connectivity index (χ1v) is 7.62. The van der Waals surface area contributed by atoms with Gasteiger partial charge in [-0.3, -0.25) is 9.48 Å². The van der Waals surface area contributed by atoms with Gasteiger partial charge in [-0.15, -0.1) is 11.3 Å². The van der Waals surface area contributed by atoms with Crippen LogP contribution >= 0.6 is 11.3 Å². The number of aryl methyl sites for hydroxylation is 1. The second-order valence-electron chi connectivity index (χ2n) is 5.52. The summed E-state index contributed by atoms with van der Waals surface area (Å²) in [6.07, 6.45) is 1.59. The molecule has 0 radical (unpaired) electrons. The highest BCUT2D eigenvalue weighted by Gasteiger charge is 2.40. The van der Waals surface area contributed by atoms with Crippen LogP contribution in [0.25, 0.3) is 10.7 Å². The summed E-state index contributed by atoms with van der Waals surface area (Å²) in [6, 6.07) is 3.95. The minimum atomic E-state index is -0.722. The van der Waals surface area contributed by atoms with Crippen LogP contribution in [0, 0.1) is 11.8 Å². The number of hydrogen-bond donors (Lipinski definition) is 1. The summed E-state index contributed by atoms with van der Waals surface area (Å²) in [5, 5.41) is 15.8. The molecular formula is C14H17N3O2S. The monoisotopic (exact) mass is 291 g/mol. The Balaban J connectivity index is 1.96. The van der Waals surface area contributed by atoms with Gasteiger partial charge in [0.05, 0.1) is 10.8 Å². The third-order valence-corrected chi connectivity index (χ3v) is 4.85. The van der Waals surface area contributed by atoms with Gasteiger partial charge >= 0.3 is 5.97 Å². The third kappa shape index (κ3) is 2.24. The number of thiophene rings is 1. The van der Waals surface area contributed by atoms with Crippen LogP contribution in [0.5, 0.6) is 0 Å². The molecule has 1 N–H and O–H groups in total. The lowest BCUT2D eigenvalue weighted by molar-refractivity contribution is -0.142. The lowest BCUT2D eigenvalue weighted by Gasteiger charge is -2.13. The maximum Gasteiger partial charge on any atom is 0.307 e. The minimum Gasteiger partial charge on any atom is -0.481 e. The number of aliphatic carboxylic acids is 1. The molecule has 3 rings (SSSR count). The second-order valence-corrected chi connectivity index (χ2v) is 6.47. The fraction of sp³-hybridized carbons (Fsp3) is 0.500. The zero-order chi connectivity index (χ0) is 14.3. The molecule has 106 valence electrons. The van der Waals surface area contributed by atoms with Crippen LogP contribution < -0.4 is 0 Å². The molecule has 2 aromatic heterocycles. The summed E-state index contributed by atoms with van der Waals surface area (Å²) in [7, 11) is 1.85. The number of hydrogen-bond acceptors (Lipinski definition) is 4. The third-order valence-electron chi connectivity index (χ3n) is 3.99. The highest BCUT2D eigenvalue weighted by atomic mass is 32.1. The summed E-state index contributed by atoms with van der Waals surface area (Å²) in [4.78, 5) is 17.0. The van der Waals surface area contributed by atoms with E-state index in [1.165, 1.54) is 0 Å². The lowest BCUT2D eigenvalue weighted by Crippen LogP contribution is -2.19. The summed E-state index contributed by atoms with van der Waals surface area (Å²) in [6.45, 7) is 2.10. The molecule has 1 aliphatic carbocycles. The van der Waals surface area contributed by atoms with Gasteiger partial charge in [0.1, 0.15) is 5.82 Å². The average molecular weight is 291 g/mol. The van der Waals surface area contributed by atoms with Crippen molar-refractivity contribution in [3.8, 4) is 10.7 Å². The topological polar surface area (TPSA) is 68.0 Å². The van der Waals surface area contributed by atoms with E-state index in [1.54, 1.807) is 16.0 Å². The Labute approximate surface area is 121 Å². The van der Waals surface area contributed by atoms with E-state index in [2.05, 4.69) is 17.0 Å². The van der Waals surface area contributed by atoms with Crippen LogP contribution in [-0.2, 0) is 11.8 Å². The first-order chi connectivity index (χ1) is 9.56. The Morgan fingerprint density at radius 3 is 2.95 bits per heavy atom. The maximum atomic E-state index is 11.4. The highest BCUT2D eigenvalue weighted by Crippen LogP contribution is 2.42. The van der Waals surface area contributed by atoms with Crippen molar-refractivity contribution >= 4 is 17.3 Å². The van der Waals surface area contributed by atoms with E-state index in [-0.39, 0.29) is 11.8 Å². The Morgan fingerprint density at radius 2 is 2.30 bits per heavy atom. The largest absolute Gasteiger partial charge is 0.481 e. The predicted molar refractivity (Wildman–Crippen MR) is 76.6 cm³/mol. The molecule has 1 saturated carbocycles. The Kier molecular flexibility index (Phi) is 3.33. The van der Waals surface area contributed by atoms with Gasteiger partial charge in [0, 0.05) is 13.0 Å². The van der Waals surface area contributed by atoms with Crippen molar-refractivity contribution in [3.63, 3.8) is 0 Å². The first-order valence-electron chi connectivity index (χ1n) is 6.74. The van der Waals surface area contributed by atoms with Gasteiger partial charge in [0.15, 0.2) is 5.82 Å². The summed E-state index contributed by atoms with van der Waals surface area (Å²) in [5.41, 5.74) is 0. The maximum absolute atomic E-state index is 11.4. The molecule has 2 aromatic rings. The lowest BCUT2D eigenvalue weighted by atomic mass is 9.95. The summed E-state index contributed by atoms with van der Waals surface area (Å²) < 4.78 is 1.74. The molecule has 3 unspecified atom stereocenters. The first kappa shape index (κ1) is 13.3. The van der Waals surface area contributed by atoms with Crippen LogP contribution in [0.15, 0.2) is 17.5 Å². The van der Waals surface area contributed by atoms with Gasteiger partial charge in [-0.2, -0.15) is 5.10 Å². The fourth-order valence-electron chi connectivity index (χ4n) is 3.08. The normalized spacial score (nSPS) is 26.0. The summed E-state index contributed by atoms with van der Waals surface area (Å²) >= 11 is 1.59. The Morgan fingerprint density at radius 1 is 1.50 bits per heavy atom. The van der Waals surface area contributed by atoms with Gasteiger partial charge in [0.25, 0.3) is 0 Å². The van der Waals surface area contributed by atoms with Crippen molar-refractivity contribution < 1.29 is 9.90 Å². The summed E-state index contributed by atoms with van der Waals surface area (Å²) in [5.74, 6) is 0.812. The highest BCUT2D eigenvalue weighted by molar-refractivity contribution is 7.13. The molecule has 0 amide bonds. The molecule has 0 bridgehead atoms. The number of carbonyl (C=O) groups is 1. The van der Waals surface area contributed by atoms with Crippen LogP contribution in [0.1, 0.15) is 31.5 Å². The molecule has 2 heterocycles. The SMILES string of the molecule is CC1CC(C(=O)O)C(c2nc(-c3cccs3)nn2C)C1. The molecule has 0 saturated heterocycles. The smallest absolute Gasteiger partial charge is 0.307 e. The van der Waals surface area contributed by atoms with Crippen molar-refractivity contribution in [2.45, 2.75) is 25.7 Å². The molecular weight excluding hydrogens is 274 g/mol. The van der Waals surface area contributed by atoms with Gasteiger partial charge < -0.3 is 5.11 Å². The van der Waals surface area contributed by atoms with E-state index < -0.39 is 5.97 Å². The number of carboxylic acids is 1. The number of aromatic nitrogens is 3. The molecule has 20 heavy (non-hydrogen) atoms. The van der Waals surface area contributed by atoms with Crippen molar-refractivity contribution in [2.75, 3.05) is 0 Å². The van der Waals surface area contributed by atoms with Crippen LogP contribution in [0.3, 0.4) is 0 Å². The van der Waals surface area contributed by atoms with Crippen molar-refractivity contribution in [3.05, 3.63) is 23.3 Å². The number of nitrogens with zero attached hydrogens (tertiary/aromatic N) is 3. The number of rotatable bonds is 3. The van der Waals surface area contributed by atoms with Crippen LogP contribution in [0.2, 0.25) is 0 Å². The van der Waals surface area contributed by atoms with Gasteiger partial charge in [-0.1, -0.05) is 13.0 Å². The van der Waals surface area contributed by atoms with Crippen molar-refractivity contribution in [1.82, 2.24) is 14.8 Å². The molecule has 1 aliphatic rings. The predicted octanol–water partition coefficient (Wildman–Crippen LogP) is 2.76. The molecule has 0 spiro atoms. The van der Waals surface area contributed by atoms with Crippen LogP contribution in [0.4, 0.5) is 0 Å². The molecule has 5 nitrogen and oxygen atoms in total. The Hall–Kier alpha value is -1.69. The Bertz CT molecular complexity index is 620. The quantitative estimate of drug-likeness (QED) is 0.944. The fourth-order valence-corrected chi connectivity index (χ4v) is 3.73. The van der Waals surface area contributed by atoms with E-state index in [4.69, 9.17) is 0 Å². The second kappa shape index (κ2) is 5.01. The van der Waals surface area contributed by atoms with E-state index in [1.807, 2.05) is 24.6 Å². The van der Waals surface area contributed by atoms with Gasteiger partial charge in [-0.25, -0.2) is 4.98 Å². The minimum absolute atomic E-state index is 0.0336. The zero-order valence-corrected chi connectivity index (χ0v) is 12.3. The zero-order valence-electron chi connectivity index (χ0n) is 11.5. The van der Waals surface area contributed by atoms with Crippen LogP contribution in [-0.4, -0.2) is 25.8 Å². The van der Waals surface area contributed by atoms with E-state index in [0.717, 1.165) is 23.5 Å². The number of carboxylic acid groups (broad SMARTS) is 1. The van der Waals surface area contributed by atoms with Crippen molar-refractivity contribution in [1.29, 1.82) is 0 Å². The van der Waals surface area contributed by atoms with E-state index in [9.17, 15) is 9.90 Å². The molecule has 6 heteroatoms. The van der Waals surface area contributed by atoms with E-state index in [0.29, 0.717) is 11.7 Å². The van der Waals surface area contributed by atoms with Gasteiger partial charge in [-0.05, 0) is 30.2 Å². The standard InChI is InChI=1S/C14H17N3O2S/c1-8-6-9(10(7-8)14(18)19)13-15-12(16-17(13)2)11-4-3-5-20-11/h3-5,8-10H,6-7H2,1-2H3,(H,18,19). The molecule has 1 fully saturated rings. The van der Waals surface area contributed by atoms with E-state index >= 15 is 0 Å². The average Bonchev–Trinajstić information content (AvgIpc) is 3.07. The molecule has 0 aromatic carbocycles. The molecule has 0 aliphatic heterocycles. The molecule has 3 atom stereocenters. The van der Waals surface area contributed by atoms with Gasteiger partial charge in [0.2, 0.25) is 0 Å². The van der Waals surface area contributed by atoms with Crippen molar-refractivity contribution in [2.24, 2.45) is 18.9 Å².